The summed E-state index contributed by atoms with van der Waals surface area (Å²) < 4.78 is 14.4. The molecule has 0 saturated heterocycles. The normalized spacial score (nSPS) is 11.3. The first-order chi connectivity index (χ1) is 8.81. The topological polar surface area (TPSA) is 41.5 Å². The molecule has 0 aliphatic carbocycles. The highest BCUT2D eigenvalue weighted by molar-refractivity contribution is 7.93. The number of allylic oxidation sites excluding steroid dienone is 1. The van der Waals surface area contributed by atoms with Crippen LogP contribution in [0.1, 0.15) is 38.8 Å². The largest absolute Gasteiger partial charge is 0.494 e. The molecule has 0 saturated carbocycles. The third-order valence-electron chi connectivity index (χ3n) is 2.95. The number of nitrogens with one attached hydrogen (secondary N) is 1. The first kappa shape index (κ1) is 15.9. The first-order valence-corrected chi connectivity index (χ1v) is 7.14. The van der Waals surface area contributed by atoms with Crippen LogP contribution in [-0.2, 0) is 5.41 Å². The summed E-state index contributed by atoms with van der Waals surface area (Å²) in [7, 11) is 1.65. The molecule has 1 rings (SSSR count). The lowest BCUT2D eigenvalue weighted by atomic mass is 9.85. The minimum absolute atomic E-state index is 0.0409. The molecule has 0 amide bonds. The Morgan fingerprint density at radius 1 is 1.42 bits per heavy atom. The fraction of sp³-hybridized carbons (Fsp3) is 0.467. The van der Waals surface area contributed by atoms with Crippen LogP contribution in [0.5, 0.6) is 5.75 Å². The van der Waals surface area contributed by atoms with Crippen LogP contribution >= 0.6 is 12.0 Å². The molecular formula is C15H23NO2S. The van der Waals surface area contributed by atoms with E-state index in [1.165, 1.54) is 5.56 Å². The molecule has 0 aliphatic rings. The molecule has 19 heavy (non-hydrogen) atoms. The van der Waals surface area contributed by atoms with Crippen LogP contribution in [0.2, 0.25) is 0 Å². The molecule has 2 N–H and O–H groups in total. The van der Waals surface area contributed by atoms with Gasteiger partial charge < -0.3 is 14.6 Å². The lowest BCUT2D eigenvalue weighted by Gasteiger charge is -2.24. The Balaban J connectivity index is 3.40. The number of benzene rings is 1. The number of hydrogen-bond donors (Lipinski definition) is 2. The zero-order valence-electron chi connectivity index (χ0n) is 12.3. The molecule has 106 valence electrons. The maximum absolute atomic E-state index is 8.89. The molecule has 0 atom stereocenters. The van der Waals surface area contributed by atoms with Crippen molar-refractivity contribution in [1.82, 2.24) is 0 Å². The molecule has 0 bridgehead atoms. The average Bonchev–Trinajstić information content (AvgIpc) is 2.33. The fourth-order valence-electron chi connectivity index (χ4n) is 1.84. The van der Waals surface area contributed by atoms with Crippen LogP contribution in [0.15, 0.2) is 18.7 Å². The summed E-state index contributed by atoms with van der Waals surface area (Å²) in [6.07, 6.45) is 0. The Morgan fingerprint density at radius 2 is 2.05 bits per heavy atom. The van der Waals surface area contributed by atoms with Crippen molar-refractivity contribution in [3.05, 3.63) is 29.8 Å². The van der Waals surface area contributed by atoms with Gasteiger partial charge in [-0.05, 0) is 35.6 Å². The van der Waals surface area contributed by atoms with Gasteiger partial charge in [-0.15, -0.1) is 0 Å². The van der Waals surface area contributed by atoms with Crippen molar-refractivity contribution in [1.29, 1.82) is 0 Å². The molecule has 3 nitrogen and oxygen atoms in total. The Kier molecular flexibility index (Phi) is 5.32. The summed E-state index contributed by atoms with van der Waals surface area (Å²) in [5, 5.41) is 3.17. The predicted octanol–water partition coefficient (Wildman–Crippen LogP) is 4.60. The van der Waals surface area contributed by atoms with E-state index < -0.39 is 0 Å². The summed E-state index contributed by atoms with van der Waals surface area (Å²) >= 11 is 0.754. The van der Waals surface area contributed by atoms with Gasteiger partial charge in [0.05, 0.1) is 18.7 Å². The highest BCUT2D eigenvalue weighted by atomic mass is 32.2. The standard InChI is InChI=1S/C15H23NO2S/c1-10(2)12-7-11(15(3,4)5)8-13(14(12)18-6)16-9-19-17/h7-8,16-17H,1,9H2,2-6H3. The number of rotatable bonds is 5. The van der Waals surface area contributed by atoms with Crippen LogP contribution in [0, 0.1) is 0 Å². The van der Waals surface area contributed by atoms with Gasteiger partial charge in [0.2, 0.25) is 0 Å². The monoisotopic (exact) mass is 281 g/mol. The fourth-order valence-corrected chi connectivity index (χ4v) is 2.06. The smallest absolute Gasteiger partial charge is 0.149 e. The summed E-state index contributed by atoms with van der Waals surface area (Å²) in [6.45, 7) is 12.5. The van der Waals surface area contributed by atoms with Crippen LogP contribution in [0.3, 0.4) is 0 Å². The Bertz CT molecular complexity index is 464. The second-order valence-corrected chi connectivity index (χ2v) is 6.13. The molecule has 0 radical (unpaired) electrons. The van der Waals surface area contributed by atoms with Crippen LogP contribution in [-0.4, -0.2) is 17.5 Å². The number of methoxy groups -OCH3 is 1. The first-order valence-electron chi connectivity index (χ1n) is 6.20. The van der Waals surface area contributed by atoms with Gasteiger partial charge in [-0.25, -0.2) is 0 Å². The van der Waals surface area contributed by atoms with E-state index in [1.54, 1.807) is 7.11 Å². The SMILES string of the molecule is C=C(C)c1cc(C(C)(C)C)cc(NCSO)c1OC. The van der Waals surface area contributed by atoms with E-state index in [4.69, 9.17) is 9.29 Å². The molecule has 1 aromatic rings. The van der Waals surface area contributed by atoms with Gasteiger partial charge in [-0.2, -0.15) is 0 Å². The zero-order chi connectivity index (χ0) is 14.6. The van der Waals surface area contributed by atoms with Crippen molar-refractivity contribution in [2.75, 3.05) is 18.3 Å². The number of ether oxygens (including phenoxy) is 1. The minimum Gasteiger partial charge on any atom is -0.494 e. The molecule has 0 aliphatic heterocycles. The van der Waals surface area contributed by atoms with Gasteiger partial charge in [-0.3, -0.25) is 0 Å². The summed E-state index contributed by atoms with van der Waals surface area (Å²) in [5.74, 6) is 1.19. The van der Waals surface area contributed by atoms with Gasteiger partial charge in [0.25, 0.3) is 0 Å². The van der Waals surface area contributed by atoms with E-state index >= 15 is 0 Å². The molecule has 0 aromatic heterocycles. The number of anilines is 1. The van der Waals surface area contributed by atoms with Crippen molar-refractivity contribution in [3.8, 4) is 5.75 Å². The quantitative estimate of drug-likeness (QED) is 0.611. The van der Waals surface area contributed by atoms with Crippen molar-refractivity contribution in [3.63, 3.8) is 0 Å². The Labute approximate surface area is 120 Å². The molecule has 0 spiro atoms. The van der Waals surface area contributed by atoms with E-state index in [-0.39, 0.29) is 5.41 Å². The van der Waals surface area contributed by atoms with Gasteiger partial charge in [0.1, 0.15) is 5.75 Å². The third kappa shape index (κ3) is 3.91. The molecule has 0 fully saturated rings. The second kappa shape index (κ2) is 6.35. The van der Waals surface area contributed by atoms with E-state index in [0.29, 0.717) is 5.88 Å². The second-order valence-electron chi connectivity index (χ2n) is 5.59. The zero-order valence-corrected chi connectivity index (χ0v) is 13.1. The van der Waals surface area contributed by atoms with Crippen molar-refractivity contribution in [2.45, 2.75) is 33.1 Å². The minimum atomic E-state index is 0.0409. The molecule has 0 unspecified atom stereocenters. The highest BCUT2D eigenvalue weighted by Crippen LogP contribution is 2.38. The summed E-state index contributed by atoms with van der Waals surface area (Å²) in [5.41, 5.74) is 4.09. The van der Waals surface area contributed by atoms with Crippen LogP contribution in [0.4, 0.5) is 5.69 Å². The van der Waals surface area contributed by atoms with Crippen LogP contribution < -0.4 is 10.1 Å². The summed E-state index contributed by atoms with van der Waals surface area (Å²) in [4.78, 5) is 0. The maximum Gasteiger partial charge on any atom is 0.149 e. The van der Waals surface area contributed by atoms with Crippen molar-refractivity contribution < 1.29 is 9.29 Å². The van der Waals surface area contributed by atoms with Gasteiger partial charge in [-0.1, -0.05) is 27.4 Å². The molecule has 4 heteroatoms. The number of hydrogen-bond acceptors (Lipinski definition) is 4. The van der Waals surface area contributed by atoms with Gasteiger partial charge >= 0.3 is 0 Å². The van der Waals surface area contributed by atoms with E-state index in [2.05, 4.69) is 44.8 Å². The van der Waals surface area contributed by atoms with Gasteiger partial charge in [0.15, 0.2) is 0 Å². The Morgan fingerprint density at radius 3 is 2.47 bits per heavy atom. The van der Waals surface area contributed by atoms with Crippen molar-refractivity contribution >= 4 is 23.3 Å². The summed E-state index contributed by atoms with van der Waals surface area (Å²) in [6, 6.07) is 4.19. The van der Waals surface area contributed by atoms with E-state index in [0.717, 1.165) is 34.6 Å². The maximum atomic E-state index is 8.89. The van der Waals surface area contributed by atoms with E-state index in [9.17, 15) is 0 Å². The van der Waals surface area contributed by atoms with Crippen molar-refractivity contribution in [2.24, 2.45) is 0 Å². The lowest BCUT2D eigenvalue weighted by molar-refractivity contribution is 0.414. The molecule has 1 aromatic carbocycles. The third-order valence-corrected chi connectivity index (χ3v) is 3.22. The molecular weight excluding hydrogens is 258 g/mol. The predicted molar refractivity (Wildman–Crippen MR) is 85.1 cm³/mol. The van der Waals surface area contributed by atoms with E-state index in [1.807, 2.05) is 6.92 Å². The highest BCUT2D eigenvalue weighted by Gasteiger charge is 2.19. The lowest BCUT2D eigenvalue weighted by Crippen LogP contribution is -2.13. The molecule has 0 heterocycles. The average molecular weight is 281 g/mol. The Hall–Kier alpha value is -1.13. The van der Waals surface area contributed by atoms with Gasteiger partial charge in [0, 0.05) is 17.6 Å². The van der Waals surface area contributed by atoms with Crippen LogP contribution in [0.25, 0.3) is 5.57 Å².